The number of nitrogens with zero attached hydrogens (tertiary/aromatic N) is 2. The minimum Gasteiger partial charge on any atom is -0.497 e. The van der Waals surface area contributed by atoms with Crippen molar-refractivity contribution in [1.29, 1.82) is 0 Å². The molecule has 1 amide bonds. The fraction of sp³-hybridized carbons (Fsp3) is 0.211. The molecule has 0 saturated heterocycles. The van der Waals surface area contributed by atoms with Crippen LogP contribution in [0.5, 0.6) is 5.75 Å². The number of methoxy groups -OCH3 is 1. The van der Waals surface area contributed by atoms with E-state index >= 15 is 0 Å². The van der Waals surface area contributed by atoms with Crippen LogP contribution < -0.4 is 10.1 Å². The van der Waals surface area contributed by atoms with Gasteiger partial charge >= 0.3 is 0 Å². The highest BCUT2D eigenvalue weighted by atomic mass is 32.2. The van der Waals surface area contributed by atoms with E-state index in [0.29, 0.717) is 4.34 Å². The van der Waals surface area contributed by atoms with E-state index in [1.807, 2.05) is 24.3 Å². The van der Waals surface area contributed by atoms with E-state index in [-0.39, 0.29) is 5.69 Å². The van der Waals surface area contributed by atoms with Gasteiger partial charge in [-0.05, 0) is 36.8 Å². The van der Waals surface area contributed by atoms with Crippen molar-refractivity contribution in [2.75, 3.05) is 12.4 Å². The summed E-state index contributed by atoms with van der Waals surface area (Å²) in [5.74, 6) is -0.214. The van der Waals surface area contributed by atoms with E-state index < -0.39 is 22.8 Å². The van der Waals surface area contributed by atoms with Crippen LogP contribution in [-0.4, -0.2) is 28.5 Å². The Hall–Kier alpha value is -2.17. The van der Waals surface area contributed by atoms with Crippen LogP contribution in [-0.2, 0) is 10.5 Å². The number of thioether (sulfide) groups is 2. The zero-order valence-electron chi connectivity index (χ0n) is 15.5. The first kappa shape index (κ1) is 21.5. The maximum Gasteiger partial charge on any atom is 0.237 e. The molecule has 5 nitrogen and oxygen atoms in total. The molecule has 0 radical (unpaired) electrons. The molecule has 1 N–H and O–H groups in total. The number of nitrogens with one attached hydrogen (secondary N) is 1. The lowest BCUT2D eigenvalue weighted by molar-refractivity contribution is -0.115. The zero-order valence-corrected chi connectivity index (χ0v) is 18.0. The first-order valence-electron chi connectivity index (χ1n) is 8.46. The fourth-order valence-corrected chi connectivity index (χ4v) is 5.32. The predicted molar refractivity (Wildman–Crippen MR) is 113 cm³/mol. The molecule has 10 heteroatoms. The SMILES string of the molecule is COc1ccc(CSc2nnc(SC(C)C(=O)Nc3cc(F)ccc3F)s2)cc1. The fourth-order valence-electron chi connectivity index (χ4n) is 2.20. The second-order valence-corrected chi connectivity index (χ2v) is 9.63. The van der Waals surface area contributed by atoms with Gasteiger partial charge in [-0.25, -0.2) is 8.78 Å². The molecule has 0 fully saturated rings. The summed E-state index contributed by atoms with van der Waals surface area (Å²) in [5, 5.41) is 10.1. The van der Waals surface area contributed by atoms with Gasteiger partial charge in [0, 0.05) is 11.8 Å². The summed E-state index contributed by atoms with van der Waals surface area (Å²) in [5.41, 5.74) is 0.945. The van der Waals surface area contributed by atoms with Gasteiger partial charge in [-0.2, -0.15) is 0 Å². The monoisotopic (exact) mass is 453 g/mol. The van der Waals surface area contributed by atoms with E-state index in [4.69, 9.17) is 4.74 Å². The molecule has 3 rings (SSSR count). The lowest BCUT2D eigenvalue weighted by atomic mass is 10.2. The second kappa shape index (κ2) is 10.0. The lowest BCUT2D eigenvalue weighted by Gasteiger charge is -2.10. The highest BCUT2D eigenvalue weighted by Crippen LogP contribution is 2.33. The number of amides is 1. The Balaban J connectivity index is 1.53. The average molecular weight is 454 g/mol. The summed E-state index contributed by atoms with van der Waals surface area (Å²) in [6, 6.07) is 10.7. The third-order valence-corrected chi connectivity index (χ3v) is 7.05. The number of hydrogen-bond donors (Lipinski definition) is 1. The number of aromatic nitrogens is 2. The normalized spacial score (nSPS) is 11.9. The van der Waals surface area contributed by atoms with Gasteiger partial charge in [0.15, 0.2) is 8.68 Å². The van der Waals surface area contributed by atoms with Crippen molar-refractivity contribution in [3.05, 3.63) is 59.7 Å². The topological polar surface area (TPSA) is 64.1 Å². The Labute approximate surface area is 179 Å². The van der Waals surface area contributed by atoms with Crippen LogP contribution in [0.4, 0.5) is 14.5 Å². The third-order valence-electron chi connectivity index (χ3n) is 3.74. The van der Waals surface area contributed by atoms with Gasteiger partial charge in [-0.1, -0.05) is 47.0 Å². The minimum absolute atomic E-state index is 0.185. The molecule has 0 aliphatic carbocycles. The molecule has 3 aromatic rings. The standard InChI is InChI=1S/C19H17F2N3O2S3/c1-11(17(25)22-16-9-13(20)5-8-15(16)21)28-19-24-23-18(29-19)27-10-12-3-6-14(26-2)7-4-12/h3-9,11H,10H2,1-2H3,(H,22,25). The Morgan fingerprint density at radius 1 is 1.17 bits per heavy atom. The molecule has 29 heavy (non-hydrogen) atoms. The minimum atomic E-state index is -0.690. The Kier molecular flexibility index (Phi) is 7.45. The molecule has 2 aromatic carbocycles. The van der Waals surface area contributed by atoms with Crippen LogP contribution in [0.3, 0.4) is 0 Å². The van der Waals surface area contributed by atoms with Crippen molar-refractivity contribution in [3.63, 3.8) is 0 Å². The largest absolute Gasteiger partial charge is 0.497 e. The smallest absolute Gasteiger partial charge is 0.237 e. The number of benzene rings is 2. The molecule has 0 saturated carbocycles. The number of halogens is 2. The van der Waals surface area contributed by atoms with Crippen LogP contribution in [0, 0.1) is 11.6 Å². The molecule has 0 bridgehead atoms. The number of carbonyl (C=O) groups is 1. The molecular formula is C19H17F2N3O2S3. The summed E-state index contributed by atoms with van der Waals surface area (Å²) in [6.45, 7) is 1.67. The highest BCUT2D eigenvalue weighted by Gasteiger charge is 2.19. The molecule has 1 aromatic heterocycles. The number of carbonyl (C=O) groups excluding carboxylic acids is 1. The van der Waals surface area contributed by atoms with Gasteiger partial charge in [0.25, 0.3) is 0 Å². The van der Waals surface area contributed by atoms with Crippen molar-refractivity contribution < 1.29 is 18.3 Å². The van der Waals surface area contributed by atoms with Gasteiger partial charge < -0.3 is 10.1 Å². The van der Waals surface area contributed by atoms with Crippen LogP contribution >= 0.6 is 34.9 Å². The van der Waals surface area contributed by atoms with Crippen LogP contribution in [0.15, 0.2) is 51.1 Å². The van der Waals surface area contributed by atoms with Gasteiger partial charge in [0.05, 0.1) is 18.0 Å². The van der Waals surface area contributed by atoms with E-state index in [9.17, 15) is 13.6 Å². The van der Waals surface area contributed by atoms with E-state index in [1.54, 1.807) is 25.8 Å². The second-order valence-electron chi connectivity index (χ2n) is 5.84. The molecule has 1 unspecified atom stereocenters. The summed E-state index contributed by atoms with van der Waals surface area (Å²) in [6.07, 6.45) is 0. The third kappa shape index (κ3) is 6.15. The Morgan fingerprint density at radius 3 is 2.62 bits per heavy atom. The average Bonchev–Trinajstić information content (AvgIpc) is 3.16. The van der Waals surface area contributed by atoms with Crippen molar-refractivity contribution >= 4 is 46.5 Å². The Morgan fingerprint density at radius 2 is 1.90 bits per heavy atom. The van der Waals surface area contributed by atoms with Crippen molar-refractivity contribution in [2.24, 2.45) is 0 Å². The van der Waals surface area contributed by atoms with Crippen LogP contribution in [0.2, 0.25) is 0 Å². The molecule has 1 heterocycles. The number of rotatable bonds is 8. The van der Waals surface area contributed by atoms with Crippen molar-refractivity contribution in [2.45, 2.75) is 26.6 Å². The first-order valence-corrected chi connectivity index (χ1v) is 11.1. The quantitative estimate of drug-likeness (QED) is 0.471. The van der Waals surface area contributed by atoms with Gasteiger partial charge in [0.1, 0.15) is 17.4 Å². The number of anilines is 1. The highest BCUT2D eigenvalue weighted by molar-refractivity contribution is 8.03. The molecule has 0 spiro atoms. The molecular weight excluding hydrogens is 436 g/mol. The first-order chi connectivity index (χ1) is 13.9. The summed E-state index contributed by atoms with van der Waals surface area (Å²) < 4.78 is 33.5. The molecule has 0 aliphatic rings. The summed E-state index contributed by atoms with van der Waals surface area (Å²) in [4.78, 5) is 12.3. The maximum absolute atomic E-state index is 13.7. The Bertz CT molecular complexity index is 983. The zero-order chi connectivity index (χ0) is 20.8. The summed E-state index contributed by atoms with van der Waals surface area (Å²) >= 11 is 4.15. The van der Waals surface area contributed by atoms with Crippen molar-refractivity contribution in [1.82, 2.24) is 10.2 Å². The lowest BCUT2D eigenvalue weighted by Crippen LogP contribution is -2.23. The number of ether oxygens (including phenoxy) is 1. The molecule has 0 aliphatic heterocycles. The van der Waals surface area contributed by atoms with Crippen LogP contribution in [0.25, 0.3) is 0 Å². The number of hydrogen-bond acceptors (Lipinski definition) is 7. The van der Waals surface area contributed by atoms with E-state index in [1.165, 1.54) is 23.1 Å². The van der Waals surface area contributed by atoms with Crippen molar-refractivity contribution in [3.8, 4) is 5.75 Å². The van der Waals surface area contributed by atoms with E-state index in [0.717, 1.165) is 39.6 Å². The van der Waals surface area contributed by atoms with E-state index in [2.05, 4.69) is 15.5 Å². The van der Waals surface area contributed by atoms with Gasteiger partial charge in [0.2, 0.25) is 5.91 Å². The molecule has 1 atom stereocenters. The maximum atomic E-state index is 13.7. The van der Waals surface area contributed by atoms with Gasteiger partial charge in [-0.15, -0.1) is 10.2 Å². The summed E-state index contributed by atoms with van der Waals surface area (Å²) in [7, 11) is 1.63. The molecule has 152 valence electrons. The predicted octanol–water partition coefficient (Wildman–Crippen LogP) is 5.24. The van der Waals surface area contributed by atoms with Gasteiger partial charge in [-0.3, -0.25) is 4.79 Å². The van der Waals surface area contributed by atoms with Crippen LogP contribution in [0.1, 0.15) is 12.5 Å².